The molecule has 1 aliphatic carbocycles. The average Bonchev–Trinajstić information content (AvgIpc) is 3.37. The smallest absolute Gasteiger partial charge is 0.265 e. The van der Waals surface area contributed by atoms with E-state index in [9.17, 15) is 18.0 Å². The number of fused-ring (bicyclic) bond motifs is 3. The summed E-state index contributed by atoms with van der Waals surface area (Å²) in [4.78, 5) is 27.7. The summed E-state index contributed by atoms with van der Waals surface area (Å²) in [7, 11) is -1.32. The third-order valence-electron chi connectivity index (χ3n) is 7.14. The van der Waals surface area contributed by atoms with E-state index < -0.39 is 21.8 Å². The number of rotatable bonds is 5. The number of sulfonamides is 1. The minimum atomic E-state index is -4.12. The highest BCUT2D eigenvalue weighted by Gasteiger charge is 2.48. The maximum absolute atomic E-state index is 14.2. The maximum atomic E-state index is 14.2. The van der Waals surface area contributed by atoms with Crippen molar-refractivity contribution in [2.45, 2.75) is 17.4 Å². The summed E-state index contributed by atoms with van der Waals surface area (Å²) in [6.45, 7) is 0. The zero-order chi connectivity index (χ0) is 26.6. The number of hydrogen-bond donors (Lipinski definition) is 0. The number of anilines is 1. The van der Waals surface area contributed by atoms with Crippen molar-refractivity contribution in [2.24, 2.45) is 0 Å². The first-order valence-electron chi connectivity index (χ1n) is 12.0. The highest BCUT2D eigenvalue weighted by molar-refractivity contribution is 7.92. The van der Waals surface area contributed by atoms with Crippen molar-refractivity contribution in [2.75, 3.05) is 18.5 Å². The monoisotopic (exact) mass is 525 g/mol. The fourth-order valence-corrected chi connectivity index (χ4v) is 7.22. The lowest BCUT2D eigenvalue weighted by Crippen LogP contribution is -2.33. The molecule has 0 bridgehead atoms. The Morgan fingerprint density at radius 3 is 1.76 bits per heavy atom. The van der Waals surface area contributed by atoms with Crippen molar-refractivity contribution in [3.8, 4) is 11.5 Å². The predicted octanol–water partition coefficient (Wildman–Crippen LogP) is 4.97. The topological polar surface area (TPSA) is 90.0 Å². The van der Waals surface area contributed by atoms with Crippen LogP contribution in [0.4, 0.5) is 5.69 Å². The first kappa shape index (κ1) is 23.9. The molecule has 0 saturated carbocycles. The van der Waals surface area contributed by atoms with Gasteiger partial charge in [0.15, 0.2) is 17.3 Å². The number of carbonyl (C=O) groups is 2. The number of nitrogens with zero attached hydrogens (tertiary/aromatic N) is 1. The van der Waals surface area contributed by atoms with Crippen LogP contribution in [-0.2, 0) is 16.4 Å². The van der Waals surface area contributed by atoms with Crippen LogP contribution in [0, 0.1) is 0 Å². The molecule has 8 heteroatoms. The molecule has 0 radical (unpaired) electrons. The van der Waals surface area contributed by atoms with Crippen LogP contribution in [0.15, 0.2) is 89.8 Å². The van der Waals surface area contributed by atoms with Gasteiger partial charge in [0, 0.05) is 23.1 Å². The van der Waals surface area contributed by atoms with E-state index in [1.807, 2.05) is 30.3 Å². The molecule has 7 nitrogen and oxygen atoms in total. The van der Waals surface area contributed by atoms with Gasteiger partial charge in [-0.15, -0.1) is 0 Å². The zero-order valence-corrected chi connectivity index (χ0v) is 21.5. The van der Waals surface area contributed by atoms with Gasteiger partial charge in [-0.3, -0.25) is 13.9 Å². The molecule has 4 aromatic rings. The van der Waals surface area contributed by atoms with Gasteiger partial charge in [-0.25, -0.2) is 8.42 Å². The molecule has 0 N–H and O–H groups in total. The largest absolute Gasteiger partial charge is 0.496 e. The van der Waals surface area contributed by atoms with E-state index in [0.717, 1.165) is 5.56 Å². The van der Waals surface area contributed by atoms with Crippen molar-refractivity contribution in [3.05, 3.63) is 118 Å². The molecule has 6 rings (SSSR count). The molecule has 1 heterocycles. The lowest BCUT2D eigenvalue weighted by Gasteiger charge is -2.30. The van der Waals surface area contributed by atoms with E-state index in [0.29, 0.717) is 5.56 Å². The van der Waals surface area contributed by atoms with Crippen LogP contribution < -0.4 is 13.8 Å². The third-order valence-corrected chi connectivity index (χ3v) is 8.97. The number of carbonyl (C=O) groups excluding carboxylic acids is 2. The van der Waals surface area contributed by atoms with Gasteiger partial charge in [-0.05, 0) is 17.7 Å². The average molecular weight is 526 g/mol. The molecule has 38 heavy (non-hydrogen) atoms. The molecule has 0 aromatic heterocycles. The fourth-order valence-electron chi connectivity index (χ4n) is 5.52. The van der Waals surface area contributed by atoms with E-state index in [-0.39, 0.29) is 56.5 Å². The van der Waals surface area contributed by atoms with E-state index in [1.165, 1.54) is 30.7 Å². The lowest BCUT2D eigenvalue weighted by molar-refractivity contribution is 0.0974. The van der Waals surface area contributed by atoms with Crippen molar-refractivity contribution < 1.29 is 27.5 Å². The highest BCUT2D eigenvalue weighted by atomic mass is 32.2. The molecule has 1 atom stereocenters. The summed E-state index contributed by atoms with van der Waals surface area (Å²) in [5.41, 5.74) is 2.08. The van der Waals surface area contributed by atoms with Gasteiger partial charge >= 0.3 is 0 Å². The molecule has 0 spiro atoms. The van der Waals surface area contributed by atoms with Crippen LogP contribution in [0.25, 0.3) is 0 Å². The first-order valence-corrected chi connectivity index (χ1v) is 13.5. The normalized spacial score (nSPS) is 16.1. The molecule has 0 amide bonds. The van der Waals surface area contributed by atoms with Gasteiger partial charge < -0.3 is 9.47 Å². The minimum absolute atomic E-state index is 0.00812. The van der Waals surface area contributed by atoms with Gasteiger partial charge in [0.05, 0.1) is 36.3 Å². The number of ketones is 2. The summed E-state index contributed by atoms with van der Waals surface area (Å²) in [6, 6.07) is 23.3. The Morgan fingerprint density at radius 1 is 0.711 bits per heavy atom. The Balaban J connectivity index is 1.70. The fraction of sp³-hybridized carbons (Fsp3) is 0.133. The Labute approximate surface area is 220 Å². The zero-order valence-electron chi connectivity index (χ0n) is 20.7. The van der Waals surface area contributed by atoms with E-state index >= 15 is 0 Å². The Kier molecular flexibility index (Phi) is 5.57. The number of ether oxygens (including phenoxy) is 2. The van der Waals surface area contributed by atoms with Gasteiger partial charge in [0.2, 0.25) is 0 Å². The Hall–Kier alpha value is -4.43. The second-order valence-corrected chi connectivity index (χ2v) is 10.9. The number of benzene rings is 4. The molecule has 0 fully saturated rings. The van der Waals surface area contributed by atoms with Gasteiger partial charge in [0.25, 0.3) is 10.0 Å². The quantitative estimate of drug-likeness (QED) is 0.322. The second-order valence-electron chi connectivity index (χ2n) is 9.09. The summed E-state index contributed by atoms with van der Waals surface area (Å²) in [5, 5.41) is 0. The summed E-state index contributed by atoms with van der Waals surface area (Å²) >= 11 is 0. The highest BCUT2D eigenvalue weighted by Crippen LogP contribution is 2.56. The van der Waals surface area contributed by atoms with Crippen LogP contribution >= 0.6 is 0 Å². The summed E-state index contributed by atoms with van der Waals surface area (Å²) < 4.78 is 41.4. The van der Waals surface area contributed by atoms with Crippen molar-refractivity contribution in [1.29, 1.82) is 0 Å². The molecule has 1 unspecified atom stereocenters. The van der Waals surface area contributed by atoms with Gasteiger partial charge in [-0.1, -0.05) is 72.8 Å². The molecule has 190 valence electrons. The van der Waals surface area contributed by atoms with E-state index in [4.69, 9.17) is 9.47 Å². The van der Waals surface area contributed by atoms with Crippen LogP contribution in [0.5, 0.6) is 11.5 Å². The lowest BCUT2D eigenvalue weighted by atomic mass is 9.81. The van der Waals surface area contributed by atoms with E-state index in [1.54, 1.807) is 42.5 Å². The molecule has 4 aromatic carbocycles. The second kappa shape index (κ2) is 8.85. The SMILES string of the molecule is COc1c2c(c(OC)c3c1C(=O)c1ccccc1C3=O)N(S(=O)(=O)c1ccccc1)C(c1ccccc1)C2. The van der Waals surface area contributed by atoms with Gasteiger partial charge in [0.1, 0.15) is 11.4 Å². The van der Waals surface area contributed by atoms with Crippen LogP contribution in [0.2, 0.25) is 0 Å². The maximum Gasteiger partial charge on any atom is 0.265 e. The van der Waals surface area contributed by atoms with Crippen LogP contribution in [0.1, 0.15) is 49.0 Å². The Bertz CT molecular complexity index is 1720. The number of hydrogen-bond acceptors (Lipinski definition) is 6. The predicted molar refractivity (Wildman–Crippen MR) is 142 cm³/mol. The Morgan fingerprint density at radius 2 is 1.21 bits per heavy atom. The third kappa shape index (κ3) is 3.30. The summed E-state index contributed by atoms with van der Waals surface area (Å²) in [5.74, 6) is -0.556. The first-order chi connectivity index (χ1) is 18.4. The van der Waals surface area contributed by atoms with Gasteiger partial charge in [-0.2, -0.15) is 0 Å². The van der Waals surface area contributed by atoms with Crippen molar-refractivity contribution >= 4 is 27.3 Å². The van der Waals surface area contributed by atoms with Crippen molar-refractivity contribution in [1.82, 2.24) is 0 Å². The summed E-state index contributed by atoms with van der Waals surface area (Å²) in [6.07, 6.45) is 0.224. The van der Waals surface area contributed by atoms with Crippen LogP contribution in [-0.4, -0.2) is 34.2 Å². The van der Waals surface area contributed by atoms with E-state index in [2.05, 4.69) is 0 Å². The molecular formula is C30H23NO6S. The van der Waals surface area contributed by atoms with Crippen molar-refractivity contribution in [3.63, 3.8) is 0 Å². The number of methoxy groups -OCH3 is 2. The molecule has 2 aliphatic rings. The minimum Gasteiger partial charge on any atom is -0.496 e. The standard InChI is InChI=1S/C30H23NO6S/c1-36-29-22-17-23(18-11-5-3-6-12-18)31(38(34,35)19-13-7-4-8-14-19)26(22)30(37-2)25-24(29)27(32)20-15-9-10-16-21(20)28(25)33/h3-16,23H,17H2,1-2H3. The van der Waals surface area contributed by atoms with Crippen LogP contribution in [0.3, 0.4) is 0 Å². The molecule has 1 aliphatic heterocycles. The molecular weight excluding hydrogens is 502 g/mol. The molecule has 0 saturated heterocycles.